The summed E-state index contributed by atoms with van der Waals surface area (Å²) in [5, 5.41) is 9.75. The van der Waals surface area contributed by atoms with Crippen molar-refractivity contribution in [1.82, 2.24) is 4.90 Å². The number of hydrogen-bond acceptors (Lipinski definition) is 3. The summed E-state index contributed by atoms with van der Waals surface area (Å²) in [6.07, 6.45) is 3.24. The number of nitrogens with zero attached hydrogens (tertiary/aromatic N) is 1. The van der Waals surface area contributed by atoms with Crippen LogP contribution in [0.15, 0.2) is 24.3 Å². The normalized spacial score (nSPS) is 28.0. The van der Waals surface area contributed by atoms with Gasteiger partial charge in [0, 0.05) is 5.56 Å². The maximum absolute atomic E-state index is 13.5. The fraction of sp³-hybridized carbons (Fsp3) is 0.667. The van der Waals surface area contributed by atoms with E-state index in [1.54, 1.807) is 0 Å². The maximum atomic E-state index is 13.5. The second-order valence-electron chi connectivity index (χ2n) is 10.8. The molecule has 3 rings (SSSR count). The van der Waals surface area contributed by atoms with Crippen molar-refractivity contribution in [2.45, 2.75) is 84.4 Å². The molecular formula is C24H35NO4. The fourth-order valence-corrected chi connectivity index (χ4v) is 4.74. The first-order valence-corrected chi connectivity index (χ1v) is 10.7. The van der Waals surface area contributed by atoms with Gasteiger partial charge < -0.3 is 9.84 Å². The van der Waals surface area contributed by atoms with Crippen LogP contribution in [0.1, 0.15) is 83.1 Å². The fourth-order valence-electron chi connectivity index (χ4n) is 4.74. The topological polar surface area (TPSA) is 66.8 Å². The van der Waals surface area contributed by atoms with E-state index in [-0.39, 0.29) is 23.3 Å². The highest BCUT2D eigenvalue weighted by Crippen LogP contribution is 2.47. The first-order chi connectivity index (χ1) is 13.3. The van der Waals surface area contributed by atoms with Crippen LogP contribution < -0.4 is 0 Å². The van der Waals surface area contributed by atoms with Crippen LogP contribution in [0, 0.1) is 11.3 Å². The minimum Gasteiger partial charge on any atom is -0.480 e. The molecule has 1 aliphatic heterocycles. The Labute approximate surface area is 174 Å². The van der Waals surface area contributed by atoms with Crippen molar-refractivity contribution in [3.8, 4) is 0 Å². The van der Waals surface area contributed by atoms with Gasteiger partial charge in [0.1, 0.15) is 5.72 Å². The van der Waals surface area contributed by atoms with Crippen molar-refractivity contribution in [2.75, 3.05) is 6.61 Å². The lowest BCUT2D eigenvalue weighted by Crippen LogP contribution is -2.55. The molecule has 0 radical (unpaired) electrons. The summed E-state index contributed by atoms with van der Waals surface area (Å²) in [4.78, 5) is 26.9. The molecule has 2 fully saturated rings. The molecule has 2 aliphatic rings. The zero-order valence-electron chi connectivity index (χ0n) is 18.6. The second kappa shape index (κ2) is 7.42. The van der Waals surface area contributed by atoms with Crippen molar-refractivity contribution < 1.29 is 19.4 Å². The number of carbonyl (C=O) groups is 2. The summed E-state index contributed by atoms with van der Waals surface area (Å²) in [6, 6.07) is 6.62. The predicted molar refractivity (Wildman–Crippen MR) is 113 cm³/mol. The highest BCUT2D eigenvalue weighted by Gasteiger charge is 2.54. The molecule has 1 N–H and O–H groups in total. The van der Waals surface area contributed by atoms with Crippen molar-refractivity contribution in [2.24, 2.45) is 11.3 Å². The number of carbonyl (C=O) groups excluding carboxylic acids is 1. The molecule has 1 spiro atoms. The molecule has 1 saturated heterocycles. The smallest absolute Gasteiger partial charge is 0.328 e. The first-order valence-electron chi connectivity index (χ1n) is 10.7. The third-order valence-corrected chi connectivity index (χ3v) is 6.75. The lowest BCUT2D eigenvalue weighted by molar-refractivity contribution is -0.144. The number of ether oxygens (including phenoxy) is 1. The molecule has 1 atom stereocenters. The number of rotatable bonds is 2. The molecule has 29 heavy (non-hydrogen) atoms. The van der Waals surface area contributed by atoms with Gasteiger partial charge in [-0.15, -0.1) is 0 Å². The summed E-state index contributed by atoms with van der Waals surface area (Å²) in [6.45, 7) is 13.2. The number of hydrogen-bond donors (Lipinski definition) is 1. The molecule has 1 aromatic carbocycles. The minimum atomic E-state index is -1.00. The molecule has 160 valence electrons. The third kappa shape index (κ3) is 4.20. The molecule has 1 amide bonds. The van der Waals surface area contributed by atoms with E-state index in [9.17, 15) is 14.7 Å². The Morgan fingerprint density at radius 3 is 2.03 bits per heavy atom. The largest absolute Gasteiger partial charge is 0.480 e. The van der Waals surface area contributed by atoms with E-state index < -0.39 is 17.7 Å². The molecule has 1 heterocycles. The Kier molecular flexibility index (Phi) is 5.59. The number of benzene rings is 1. The predicted octanol–water partition coefficient (Wildman–Crippen LogP) is 4.84. The highest BCUT2D eigenvalue weighted by atomic mass is 16.5. The molecule has 5 nitrogen and oxygen atoms in total. The third-order valence-electron chi connectivity index (χ3n) is 6.75. The van der Waals surface area contributed by atoms with E-state index >= 15 is 0 Å². The molecule has 1 saturated carbocycles. The summed E-state index contributed by atoms with van der Waals surface area (Å²) in [5.41, 5.74) is 1.05. The van der Waals surface area contributed by atoms with Crippen LogP contribution in [0.4, 0.5) is 0 Å². The average molecular weight is 402 g/mol. The van der Waals surface area contributed by atoms with E-state index in [1.165, 1.54) is 4.90 Å². The lowest BCUT2D eigenvalue weighted by atomic mass is 9.70. The zero-order chi connectivity index (χ0) is 21.6. The Bertz CT molecular complexity index is 762. The van der Waals surface area contributed by atoms with E-state index in [4.69, 9.17) is 4.74 Å². The van der Waals surface area contributed by atoms with Crippen molar-refractivity contribution >= 4 is 11.9 Å². The number of carboxylic acid groups (broad SMARTS) is 1. The van der Waals surface area contributed by atoms with Crippen LogP contribution in [0.2, 0.25) is 0 Å². The SMILES string of the molecule is CC(C)(C)c1ccc(C(=O)N2C(C(=O)O)COC23CCC(C(C)(C)C)CC3)cc1. The number of amides is 1. The molecule has 5 heteroatoms. The van der Waals surface area contributed by atoms with Gasteiger partial charge >= 0.3 is 5.97 Å². The first kappa shape index (κ1) is 21.8. The standard InChI is InChI=1S/C24H35NO4/c1-22(2,3)17-9-7-16(8-10-17)20(26)25-19(21(27)28)15-29-24(25)13-11-18(12-14-24)23(4,5)6/h7-10,18-19H,11-15H2,1-6H3,(H,27,28). The average Bonchev–Trinajstić information content (AvgIpc) is 2.99. The molecule has 0 bridgehead atoms. The second-order valence-corrected chi connectivity index (χ2v) is 10.8. The van der Waals surface area contributed by atoms with E-state index in [0.29, 0.717) is 24.3 Å². The van der Waals surface area contributed by atoms with Crippen LogP contribution in [-0.2, 0) is 14.9 Å². The highest BCUT2D eigenvalue weighted by molar-refractivity contribution is 5.97. The summed E-state index contributed by atoms with van der Waals surface area (Å²) >= 11 is 0. The molecule has 1 unspecified atom stereocenters. The van der Waals surface area contributed by atoms with Gasteiger partial charge in [-0.1, -0.05) is 53.7 Å². The van der Waals surface area contributed by atoms with E-state index in [2.05, 4.69) is 41.5 Å². The van der Waals surface area contributed by atoms with Crippen LogP contribution in [0.3, 0.4) is 0 Å². The number of carboxylic acids is 1. The number of aliphatic carboxylic acids is 1. The summed E-state index contributed by atoms with van der Waals surface area (Å²) < 4.78 is 6.07. The quantitative estimate of drug-likeness (QED) is 0.770. The summed E-state index contributed by atoms with van der Waals surface area (Å²) in [7, 11) is 0. The molecule has 1 aliphatic carbocycles. The van der Waals surface area contributed by atoms with Crippen LogP contribution >= 0.6 is 0 Å². The Balaban J connectivity index is 1.88. The van der Waals surface area contributed by atoms with Gasteiger partial charge in [0.25, 0.3) is 5.91 Å². The summed E-state index contributed by atoms with van der Waals surface area (Å²) in [5.74, 6) is -0.701. The van der Waals surface area contributed by atoms with Gasteiger partial charge in [-0.05, 0) is 60.1 Å². The Hall–Kier alpha value is -1.88. The van der Waals surface area contributed by atoms with Crippen molar-refractivity contribution in [1.29, 1.82) is 0 Å². The van der Waals surface area contributed by atoms with Gasteiger partial charge in [-0.25, -0.2) is 4.79 Å². The van der Waals surface area contributed by atoms with Gasteiger partial charge in [0.05, 0.1) is 6.61 Å². The van der Waals surface area contributed by atoms with E-state index in [0.717, 1.165) is 18.4 Å². The van der Waals surface area contributed by atoms with E-state index in [1.807, 2.05) is 24.3 Å². The Morgan fingerprint density at radius 1 is 1.03 bits per heavy atom. The van der Waals surface area contributed by atoms with Crippen LogP contribution in [0.25, 0.3) is 0 Å². The van der Waals surface area contributed by atoms with Crippen LogP contribution in [0.5, 0.6) is 0 Å². The zero-order valence-corrected chi connectivity index (χ0v) is 18.6. The maximum Gasteiger partial charge on any atom is 0.328 e. The van der Waals surface area contributed by atoms with Gasteiger partial charge in [-0.2, -0.15) is 0 Å². The minimum absolute atomic E-state index is 0.00546. The van der Waals surface area contributed by atoms with Gasteiger partial charge in [-0.3, -0.25) is 9.69 Å². The van der Waals surface area contributed by atoms with Crippen LogP contribution in [-0.4, -0.2) is 40.3 Å². The lowest BCUT2D eigenvalue weighted by Gasteiger charge is -2.46. The molecule has 0 aromatic heterocycles. The molecule has 1 aromatic rings. The van der Waals surface area contributed by atoms with Gasteiger partial charge in [0.2, 0.25) is 0 Å². The molecular weight excluding hydrogens is 366 g/mol. The monoisotopic (exact) mass is 401 g/mol. The Morgan fingerprint density at radius 2 is 1.59 bits per heavy atom. The van der Waals surface area contributed by atoms with Gasteiger partial charge in [0.15, 0.2) is 6.04 Å². The van der Waals surface area contributed by atoms with Crippen molar-refractivity contribution in [3.63, 3.8) is 0 Å². The van der Waals surface area contributed by atoms with Crippen molar-refractivity contribution in [3.05, 3.63) is 35.4 Å².